The summed E-state index contributed by atoms with van der Waals surface area (Å²) in [5, 5.41) is 0. The second kappa shape index (κ2) is 6.91. The smallest absolute Gasteiger partial charge is 0.253 e. The Labute approximate surface area is 138 Å². The van der Waals surface area contributed by atoms with Crippen LogP contribution in [0.25, 0.3) is 0 Å². The lowest BCUT2D eigenvalue weighted by molar-refractivity contribution is 0.0650. The lowest BCUT2D eigenvalue weighted by atomic mass is 9.88. The maximum atomic E-state index is 13.3. The second-order valence-electron chi connectivity index (χ2n) is 5.93. The van der Waals surface area contributed by atoms with E-state index in [2.05, 4.69) is 0 Å². The predicted molar refractivity (Wildman–Crippen MR) is 85.8 cm³/mol. The summed E-state index contributed by atoms with van der Waals surface area (Å²) in [5.74, 6) is -2.36. The van der Waals surface area contributed by atoms with Crippen molar-refractivity contribution >= 4 is 11.7 Å². The summed E-state index contributed by atoms with van der Waals surface area (Å²) in [6, 6.07) is 12.3. The standard InChI is InChI=1S/C19H17F2NO2/c20-16-7-6-15(12-17(16)21)19(24)22-10-8-14(9-11-22)18(23)13-4-2-1-3-5-13/h1-7,12,14H,8-11H2. The molecule has 1 amide bonds. The van der Waals surface area contributed by atoms with E-state index in [9.17, 15) is 18.4 Å². The first-order valence-electron chi connectivity index (χ1n) is 7.90. The number of Topliss-reactive ketones (excluding diaryl/α,β-unsaturated/α-hetero) is 1. The third kappa shape index (κ3) is 3.35. The highest BCUT2D eigenvalue weighted by molar-refractivity contribution is 5.98. The van der Waals surface area contributed by atoms with Gasteiger partial charge in [-0.25, -0.2) is 8.78 Å². The van der Waals surface area contributed by atoms with Gasteiger partial charge in [0.25, 0.3) is 5.91 Å². The number of amides is 1. The number of nitrogens with zero attached hydrogens (tertiary/aromatic N) is 1. The van der Waals surface area contributed by atoms with Gasteiger partial charge in [0.2, 0.25) is 0 Å². The second-order valence-corrected chi connectivity index (χ2v) is 5.93. The number of carbonyl (C=O) groups is 2. The Kier molecular flexibility index (Phi) is 4.69. The van der Waals surface area contributed by atoms with Crippen LogP contribution >= 0.6 is 0 Å². The van der Waals surface area contributed by atoms with E-state index in [1.807, 2.05) is 18.2 Å². The average molecular weight is 329 g/mol. The number of hydrogen-bond acceptors (Lipinski definition) is 2. The van der Waals surface area contributed by atoms with Crippen LogP contribution in [0.15, 0.2) is 48.5 Å². The van der Waals surface area contributed by atoms with Crippen LogP contribution in [-0.4, -0.2) is 29.7 Å². The summed E-state index contributed by atoms with van der Waals surface area (Å²) in [5.41, 5.74) is 0.810. The molecular formula is C19H17F2NO2. The van der Waals surface area contributed by atoms with Gasteiger partial charge in [-0.2, -0.15) is 0 Å². The lowest BCUT2D eigenvalue weighted by Gasteiger charge is -2.31. The molecule has 0 atom stereocenters. The maximum absolute atomic E-state index is 13.3. The van der Waals surface area contributed by atoms with E-state index in [0.717, 1.165) is 12.1 Å². The third-order valence-corrected chi connectivity index (χ3v) is 4.38. The normalized spacial score (nSPS) is 15.3. The van der Waals surface area contributed by atoms with E-state index in [1.54, 1.807) is 17.0 Å². The minimum atomic E-state index is -1.03. The Hall–Kier alpha value is -2.56. The first kappa shape index (κ1) is 16.3. The first-order chi connectivity index (χ1) is 11.6. The molecule has 0 unspecified atom stereocenters. The average Bonchev–Trinajstić information content (AvgIpc) is 2.63. The van der Waals surface area contributed by atoms with Crippen molar-refractivity contribution in [3.8, 4) is 0 Å². The van der Waals surface area contributed by atoms with Crippen molar-refractivity contribution in [2.45, 2.75) is 12.8 Å². The molecule has 0 N–H and O–H groups in total. The molecule has 0 aromatic heterocycles. The van der Waals surface area contributed by atoms with Gasteiger partial charge in [0.05, 0.1) is 0 Å². The van der Waals surface area contributed by atoms with Crippen LogP contribution in [0.5, 0.6) is 0 Å². The van der Waals surface area contributed by atoms with Crippen LogP contribution in [0.1, 0.15) is 33.6 Å². The van der Waals surface area contributed by atoms with E-state index in [-0.39, 0.29) is 23.2 Å². The van der Waals surface area contributed by atoms with Gasteiger partial charge in [-0.3, -0.25) is 9.59 Å². The van der Waals surface area contributed by atoms with Crippen LogP contribution in [0, 0.1) is 17.6 Å². The number of hydrogen-bond donors (Lipinski definition) is 0. The Morgan fingerprint density at radius 3 is 2.17 bits per heavy atom. The molecule has 2 aromatic rings. The van der Waals surface area contributed by atoms with Gasteiger partial charge in [-0.15, -0.1) is 0 Å². The highest BCUT2D eigenvalue weighted by Crippen LogP contribution is 2.23. The quantitative estimate of drug-likeness (QED) is 0.805. The summed E-state index contributed by atoms with van der Waals surface area (Å²) in [6.07, 6.45) is 1.15. The fourth-order valence-electron chi connectivity index (χ4n) is 2.99. The number of rotatable bonds is 3. The Morgan fingerprint density at radius 2 is 1.54 bits per heavy atom. The minimum absolute atomic E-state index is 0.0931. The van der Waals surface area contributed by atoms with Crippen LogP contribution in [0.3, 0.4) is 0 Å². The van der Waals surface area contributed by atoms with Crippen molar-refractivity contribution in [2.75, 3.05) is 13.1 Å². The van der Waals surface area contributed by atoms with Crippen LogP contribution in [0.2, 0.25) is 0 Å². The van der Waals surface area contributed by atoms with Gasteiger partial charge in [-0.1, -0.05) is 30.3 Å². The number of ketones is 1. The summed E-state index contributed by atoms with van der Waals surface area (Å²) >= 11 is 0. The molecule has 3 rings (SSSR count). The van der Waals surface area contributed by atoms with Crippen molar-refractivity contribution in [1.29, 1.82) is 0 Å². The van der Waals surface area contributed by atoms with Crippen LogP contribution < -0.4 is 0 Å². The van der Waals surface area contributed by atoms with Crippen molar-refractivity contribution in [1.82, 2.24) is 4.90 Å². The maximum Gasteiger partial charge on any atom is 0.253 e. The third-order valence-electron chi connectivity index (χ3n) is 4.38. The van der Waals surface area contributed by atoms with E-state index >= 15 is 0 Å². The molecule has 24 heavy (non-hydrogen) atoms. The Balaban J connectivity index is 1.63. The molecular weight excluding hydrogens is 312 g/mol. The highest BCUT2D eigenvalue weighted by atomic mass is 19.2. The van der Waals surface area contributed by atoms with E-state index in [4.69, 9.17) is 0 Å². The van der Waals surface area contributed by atoms with Crippen molar-refractivity contribution < 1.29 is 18.4 Å². The first-order valence-corrected chi connectivity index (χ1v) is 7.90. The minimum Gasteiger partial charge on any atom is -0.339 e. The molecule has 0 aliphatic carbocycles. The summed E-state index contributed by atoms with van der Waals surface area (Å²) in [4.78, 5) is 26.4. The van der Waals surface area contributed by atoms with Gasteiger partial charge in [-0.05, 0) is 31.0 Å². The van der Waals surface area contributed by atoms with Crippen LogP contribution in [0.4, 0.5) is 8.78 Å². The largest absolute Gasteiger partial charge is 0.339 e. The van der Waals surface area contributed by atoms with Gasteiger partial charge in [0, 0.05) is 30.1 Å². The molecule has 3 nitrogen and oxygen atoms in total. The Morgan fingerprint density at radius 1 is 0.875 bits per heavy atom. The molecule has 124 valence electrons. The molecule has 1 aliphatic rings. The molecule has 1 heterocycles. The van der Waals surface area contributed by atoms with Gasteiger partial charge >= 0.3 is 0 Å². The molecule has 2 aromatic carbocycles. The zero-order valence-electron chi connectivity index (χ0n) is 13.0. The van der Waals surface area contributed by atoms with Crippen molar-refractivity contribution in [3.63, 3.8) is 0 Å². The van der Waals surface area contributed by atoms with Gasteiger partial charge < -0.3 is 4.90 Å². The summed E-state index contributed by atoms with van der Waals surface area (Å²) in [6.45, 7) is 0.863. The fourth-order valence-corrected chi connectivity index (χ4v) is 2.99. The molecule has 1 saturated heterocycles. The molecule has 0 radical (unpaired) electrons. The number of piperidine rings is 1. The topological polar surface area (TPSA) is 37.4 Å². The molecule has 5 heteroatoms. The molecule has 1 fully saturated rings. The summed E-state index contributed by atoms with van der Waals surface area (Å²) in [7, 11) is 0. The number of halogens is 2. The SMILES string of the molecule is O=C(c1ccccc1)C1CCN(C(=O)c2ccc(F)c(F)c2)CC1. The monoisotopic (exact) mass is 329 g/mol. The molecule has 0 saturated carbocycles. The summed E-state index contributed by atoms with van der Waals surface area (Å²) < 4.78 is 26.2. The van der Waals surface area contributed by atoms with Gasteiger partial charge in [0.15, 0.2) is 17.4 Å². The van der Waals surface area contributed by atoms with Crippen molar-refractivity contribution in [2.24, 2.45) is 5.92 Å². The molecule has 0 bridgehead atoms. The van der Waals surface area contributed by atoms with E-state index < -0.39 is 11.6 Å². The molecule has 0 spiro atoms. The van der Waals surface area contributed by atoms with Crippen molar-refractivity contribution in [3.05, 3.63) is 71.3 Å². The Bertz CT molecular complexity index is 753. The van der Waals surface area contributed by atoms with E-state index in [1.165, 1.54) is 6.07 Å². The van der Waals surface area contributed by atoms with Gasteiger partial charge in [0.1, 0.15) is 0 Å². The number of benzene rings is 2. The van der Waals surface area contributed by atoms with E-state index in [0.29, 0.717) is 31.5 Å². The van der Waals surface area contributed by atoms with Crippen LogP contribution in [-0.2, 0) is 0 Å². The zero-order chi connectivity index (χ0) is 17.1. The zero-order valence-corrected chi connectivity index (χ0v) is 13.0. The lowest BCUT2D eigenvalue weighted by Crippen LogP contribution is -2.40. The predicted octanol–water partition coefficient (Wildman–Crippen LogP) is 3.70. The number of carbonyl (C=O) groups excluding carboxylic acids is 2. The highest BCUT2D eigenvalue weighted by Gasteiger charge is 2.28. The fraction of sp³-hybridized carbons (Fsp3) is 0.263. The number of likely N-dealkylation sites (tertiary alicyclic amines) is 1. The molecule has 1 aliphatic heterocycles.